The Morgan fingerprint density at radius 2 is 2.12 bits per heavy atom. The first kappa shape index (κ1) is 19.4. The molecule has 3 rings (SSSR count). The van der Waals surface area contributed by atoms with Gasteiger partial charge in [-0.15, -0.1) is 12.4 Å². The van der Waals surface area contributed by atoms with E-state index in [9.17, 15) is 4.79 Å². The van der Waals surface area contributed by atoms with Gasteiger partial charge in [-0.1, -0.05) is 11.6 Å². The van der Waals surface area contributed by atoms with Crippen LogP contribution in [0.1, 0.15) is 25.7 Å². The second kappa shape index (κ2) is 9.56. The van der Waals surface area contributed by atoms with Crippen molar-refractivity contribution in [1.29, 1.82) is 0 Å². The van der Waals surface area contributed by atoms with Gasteiger partial charge in [0.25, 0.3) is 0 Å². The van der Waals surface area contributed by atoms with Crippen molar-refractivity contribution in [3.05, 3.63) is 23.4 Å². The summed E-state index contributed by atoms with van der Waals surface area (Å²) in [5, 5.41) is 6.91. The van der Waals surface area contributed by atoms with Gasteiger partial charge in [-0.3, -0.25) is 4.79 Å². The van der Waals surface area contributed by atoms with Crippen LogP contribution in [0.2, 0.25) is 5.02 Å². The number of hydrogen-bond donors (Lipinski definition) is 2. The Kier molecular flexibility index (Phi) is 7.75. The standard InChI is InChI=1S/C17H25ClN4O.ClH/c18-15-3-4-16(20-10-15)21-17(23)14-2-1-9-22(12-14)11-13-5-7-19-8-6-13;/h3-4,10,13-14,19H,1-2,5-9,11-12H2,(H,20,21,23);1H. The van der Waals surface area contributed by atoms with E-state index in [4.69, 9.17) is 11.6 Å². The molecule has 5 nitrogen and oxygen atoms in total. The second-order valence-corrected chi connectivity index (χ2v) is 7.08. The molecule has 1 atom stereocenters. The van der Waals surface area contributed by atoms with Crippen LogP contribution in [0.3, 0.4) is 0 Å². The van der Waals surface area contributed by atoms with Gasteiger partial charge in [0.05, 0.1) is 10.9 Å². The van der Waals surface area contributed by atoms with E-state index in [1.54, 1.807) is 18.3 Å². The number of rotatable bonds is 4. The maximum absolute atomic E-state index is 12.5. The predicted octanol–water partition coefficient (Wildman–Crippen LogP) is 2.81. The number of hydrogen-bond acceptors (Lipinski definition) is 4. The molecule has 7 heteroatoms. The maximum atomic E-state index is 12.5. The van der Waals surface area contributed by atoms with Crippen LogP contribution in [0.5, 0.6) is 0 Å². The zero-order chi connectivity index (χ0) is 16.1. The third-order valence-electron chi connectivity index (χ3n) is 4.83. The van der Waals surface area contributed by atoms with Crippen molar-refractivity contribution in [2.24, 2.45) is 11.8 Å². The zero-order valence-electron chi connectivity index (χ0n) is 13.8. The molecular weight excluding hydrogens is 347 g/mol. The molecule has 0 spiro atoms. The molecule has 0 saturated carbocycles. The lowest BCUT2D eigenvalue weighted by Gasteiger charge is -2.35. The van der Waals surface area contributed by atoms with E-state index in [1.807, 2.05) is 0 Å². The summed E-state index contributed by atoms with van der Waals surface area (Å²) in [6.45, 7) is 5.37. The van der Waals surface area contributed by atoms with E-state index >= 15 is 0 Å². The number of amides is 1. The number of aromatic nitrogens is 1. The van der Waals surface area contributed by atoms with Crippen LogP contribution in [0.15, 0.2) is 18.3 Å². The lowest BCUT2D eigenvalue weighted by molar-refractivity contribution is -0.121. The van der Waals surface area contributed by atoms with E-state index in [-0.39, 0.29) is 24.2 Å². The van der Waals surface area contributed by atoms with Crippen molar-refractivity contribution >= 4 is 35.7 Å². The molecule has 24 heavy (non-hydrogen) atoms. The number of anilines is 1. The van der Waals surface area contributed by atoms with Gasteiger partial charge in [-0.05, 0) is 63.4 Å². The normalized spacial score (nSPS) is 22.6. The average Bonchev–Trinajstić information content (AvgIpc) is 2.58. The average molecular weight is 373 g/mol. The van der Waals surface area contributed by atoms with Gasteiger partial charge >= 0.3 is 0 Å². The number of halogens is 2. The summed E-state index contributed by atoms with van der Waals surface area (Å²) in [6, 6.07) is 3.49. The number of likely N-dealkylation sites (tertiary alicyclic amines) is 1. The fourth-order valence-corrected chi connectivity index (χ4v) is 3.65. The first-order valence-electron chi connectivity index (χ1n) is 8.56. The number of carbonyl (C=O) groups excluding carboxylic acids is 1. The maximum Gasteiger partial charge on any atom is 0.229 e. The molecule has 0 bridgehead atoms. The predicted molar refractivity (Wildman–Crippen MR) is 99.9 cm³/mol. The minimum atomic E-state index is 0. The minimum absolute atomic E-state index is 0. The monoisotopic (exact) mass is 372 g/mol. The first-order valence-corrected chi connectivity index (χ1v) is 8.94. The van der Waals surface area contributed by atoms with Gasteiger partial charge in [0.15, 0.2) is 0 Å². The highest BCUT2D eigenvalue weighted by Crippen LogP contribution is 2.22. The number of piperidine rings is 2. The minimum Gasteiger partial charge on any atom is -0.317 e. The quantitative estimate of drug-likeness (QED) is 0.852. The highest BCUT2D eigenvalue weighted by atomic mass is 35.5. The van der Waals surface area contributed by atoms with Crippen molar-refractivity contribution in [1.82, 2.24) is 15.2 Å². The molecule has 1 unspecified atom stereocenters. The molecule has 1 aromatic heterocycles. The fraction of sp³-hybridized carbons (Fsp3) is 0.647. The molecule has 0 aliphatic carbocycles. The summed E-state index contributed by atoms with van der Waals surface area (Å²) in [5.74, 6) is 1.49. The van der Waals surface area contributed by atoms with Crippen molar-refractivity contribution < 1.29 is 4.79 Å². The summed E-state index contributed by atoms with van der Waals surface area (Å²) in [7, 11) is 0. The molecule has 1 amide bonds. The van der Waals surface area contributed by atoms with Crippen LogP contribution >= 0.6 is 24.0 Å². The molecule has 0 aromatic carbocycles. The molecule has 3 heterocycles. The van der Waals surface area contributed by atoms with Crippen LogP contribution in [0, 0.1) is 11.8 Å². The van der Waals surface area contributed by atoms with Crippen LogP contribution in [-0.4, -0.2) is 48.5 Å². The lowest BCUT2D eigenvalue weighted by Crippen LogP contribution is -2.44. The van der Waals surface area contributed by atoms with E-state index in [1.165, 1.54) is 12.8 Å². The third kappa shape index (κ3) is 5.59. The number of pyridine rings is 1. The van der Waals surface area contributed by atoms with Crippen molar-refractivity contribution in [2.75, 3.05) is 38.0 Å². The highest BCUT2D eigenvalue weighted by molar-refractivity contribution is 6.30. The SMILES string of the molecule is Cl.O=C(Nc1ccc(Cl)cn1)C1CCCN(CC2CCNCC2)C1. The molecule has 2 aliphatic heterocycles. The summed E-state index contributed by atoms with van der Waals surface area (Å²) < 4.78 is 0. The van der Waals surface area contributed by atoms with Crippen molar-refractivity contribution in [3.8, 4) is 0 Å². The number of nitrogens with one attached hydrogen (secondary N) is 2. The highest BCUT2D eigenvalue weighted by Gasteiger charge is 2.27. The summed E-state index contributed by atoms with van der Waals surface area (Å²) in [5.41, 5.74) is 0. The van der Waals surface area contributed by atoms with E-state index in [0.717, 1.165) is 51.5 Å². The Bertz CT molecular complexity index is 520. The van der Waals surface area contributed by atoms with Gasteiger partial charge < -0.3 is 15.5 Å². The molecule has 2 N–H and O–H groups in total. The molecule has 2 saturated heterocycles. The van der Waals surface area contributed by atoms with Gasteiger partial charge in [0.1, 0.15) is 5.82 Å². The molecular formula is C17H26Cl2N4O. The van der Waals surface area contributed by atoms with Gasteiger partial charge in [0.2, 0.25) is 5.91 Å². The number of nitrogens with zero attached hydrogens (tertiary/aromatic N) is 2. The van der Waals surface area contributed by atoms with Gasteiger partial charge in [-0.2, -0.15) is 0 Å². The largest absolute Gasteiger partial charge is 0.317 e. The van der Waals surface area contributed by atoms with E-state index in [0.29, 0.717) is 10.8 Å². The van der Waals surface area contributed by atoms with Crippen LogP contribution in [0.4, 0.5) is 5.82 Å². The Morgan fingerprint density at radius 1 is 1.33 bits per heavy atom. The van der Waals surface area contributed by atoms with Crippen molar-refractivity contribution in [2.45, 2.75) is 25.7 Å². The summed E-state index contributed by atoms with van der Waals surface area (Å²) in [6.07, 6.45) is 6.12. The molecule has 1 aromatic rings. The Hall–Kier alpha value is -0.880. The van der Waals surface area contributed by atoms with Crippen molar-refractivity contribution in [3.63, 3.8) is 0 Å². The molecule has 2 aliphatic rings. The molecule has 134 valence electrons. The fourth-order valence-electron chi connectivity index (χ4n) is 3.54. The Labute approximate surface area is 154 Å². The van der Waals surface area contributed by atoms with E-state index < -0.39 is 0 Å². The van der Waals surface area contributed by atoms with Crippen LogP contribution in [0.25, 0.3) is 0 Å². The van der Waals surface area contributed by atoms with Crippen LogP contribution < -0.4 is 10.6 Å². The smallest absolute Gasteiger partial charge is 0.229 e. The lowest BCUT2D eigenvalue weighted by atomic mass is 9.93. The second-order valence-electron chi connectivity index (χ2n) is 6.64. The third-order valence-corrected chi connectivity index (χ3v) is 5.05. The van der Waals surface area contributed by atoms with Gasteiger partial charge in [0, 0.05) is 19.3 Å². The summed E-state index contributed by atoms with van der Waals surface area (Å²) >= 11 is 5.82. The zero-order valence-corrected chi connectivity index (χ0v) is 15.4. The van der Waals surface area contributed by atoms with Crippen LogP contribution in [-0.2, 0) is 4.79 Å². The Morgan fingerprint density at radius 3 is 2.83 bits per heavy atom. The molecule has 0 radical (unpaired) electrons. The summed E-state index contributed by atoms with van der Waals surface area (Å²) in [4.78, 5) is 19.1. The van der Waals surface area contributed by atoms with Gasteiger partial charge in [-0.25, -0.2) is 4.98 Å². The number of carbonyl (C=O) groups is 1. The first-order chi connectivity index (χ1) is 11.2. The van der Waals surface area contributed by atoms with E-state index in [2.05, 4.69) is 20.5 Å². The Balaban J connectivity index is 0.00000208. The molecule has 2 fully saturated rings. The topological polar surface area (TPSA) is 57.3 Å².